The number of thiophene rings is 1. The van der Waals surface area contributed by atoms with Crippen molar-refractivity contribution in [2.24, 2.45) is 0 Å². The van der Waals surface area contributed by atoms with E-state index in [1.807, 2.05) is 0 Å². The third-order valence-electron chi connectivity index (χ3n) is 4.48. The van der Waals surface area contributed by atoms with Crippen LogP contribution in [-0.4, -0.2) is 28.5 Å². The second-order valence-electron chi connectivity index (χ2n) is 6.11. The first-order chi connectivity index (χ1) is 10.2. The zero-order chi connectivity index (χ0) is 14.4. The Morgan fingerprint density at radius 2 is 2.24 bits per heavy atom. The Balaban J connectivity index is 1.66. The lowest BCUT2D eigenvalue weighted by atomic mass is 10.0. The van der Waals surface area contributed by atoms with Crippen molar-refractivity contribution in [2.45, 2.75) is 51.4 Å². The summed E-state index contributed by atoms with van der Waals surface area (Å²) in [5.74, 6) is 1.13. The van der Waals surface area contributed by atoms with Gasteiger partial charge in [0.25, 0.3) is 0 Å². The van der Waals surface area contributed by atoms with E-state index in [-0.39, 0.29) is 0 Å². The fourth-order valence-corrected chi connectivity index (χ4v) is 4.23. The van der Waals surface area contributed by atoms with Crippen molar-refractivity contribution < 1.29 is 4.74 Å². The zero-order valence-corrected chi connectivity index (χ0v) is 13.3. The maximum atomic E-state index is 6.09. The molecule has 5 heteroatoms. The lowest BCUT2D eigenvalue weighted by molar-refractivity contribution is 0.0174. The molecule has 0 amide bonds. The van der Waals surface area contributed by atoms with Crippen LogP contribution in [0.1, 0.15) is 37.1 Å². The summed E-state index contributed by atoms with van der Waals surface area (Å²) >= 11 is 1.80. The van der Waals surface area contributed by atoms with Gasteiger partial charge in [-0.05, 0) is 45.2 Å². The Labute approximate surface area is 129 Å². The molecule has 4 heterocycles. The van der Waals surface area contributed by atoms with Crippen LogP contribution in [0.4, 0.5) is 5.82 Å². The van der Waals surface area contributed by atoms with Crippen molar-refractivity contribution in [3.63, 3.8) is 0 Å². The van der Waals surface area contributed by atoms with Gasteiger partial charge in [0.05, 0.1) is 23.1 Å². The second kappa shape index (κ2) is 5.14. The van der Waals surface area contributed by atoms with Gasteiger partial charge < -0.3 is 10.1 Å². The Morgan fingerprint density at radius 3 is 2.95 bits per heavy atom. The van der Waals surface area contributed by atoms with Crippen LogP contribution in [0, 0.1) is 6.92 Å². The summed E-state index contributed by atoms with van der Waals surface area (Å²) in [6.07, 6.45) is 4.12. The molecule has 0 saturated carbocycles. The number of aromatic nitrogens is 2. The highest BCUT2D eigenvalue weighted by atomic mass is 32.1. The van der Waals surface area contributed by atoms with Gasteiger partial charge in [-0.3, -0.25) is 0 Å². The summed E-state index contributed by atoms with van der Waals surface area (Å²) in [5, 5.41) is 8.34. The number of hydrogen-bond acceptors (Lipinski definition) is 4. The lowest BCUT2D eigenvalue weighted by Crippen LogP contribution is -2.32. The Hall–Kier alpha value is -1.33. The van der Waals surface area contributed by atoms with E-state index in [1.54, 1.807) is 11.3 Å². The molecular formula is C16H21N3OS. The maximum absolute atomic E-state index is 6.09. The van der Waals surface area contributed by atoms with Crippen LogP contribution < -0.4 is 5.32 Å². The number of aryl methyl sites for hydroxylation is 1. The van der Waals surface area contributed by atoms with Gasteiger partial charge in [-0.1, -0.05) is 0 Å². The molecule has 3 unspecified atom stereocenters. The van der Waals surface area contributed by atoms with Crippen LogP contribution in [0.3, 0.4) is 0 Å². The first-order valence-electron chi connectivity index (χ1n) is 7.76. The number of rotatable bonds is 2. The van der Waals surface area contributed by atoms with Crippen molar-refractivity contribution in [1.82, 2.24) is 9.78 Å². The van der Waals surface area contributed by atoms with Gasteiger partial charge in [0.15, 0.2) is 0 Å². The van der Waals surface area contributed by atoms with E-state index in [0.29, 0.717) is 18.2 Å². The highest BCUT2D eigenvalue weighted by Crippen LogP contribution is 2.37. The molecular weight excluding hydrogens is 282 g/mol. The first kappa shape index (κ1) is 13.3. The Bertz CT molecular complexity index is 648. The molecule has 0 aliphatic carbocycles. The maximum Gasteiger partial charge on any atom is 0.125 e. The molecule has 2 aliphatic rings. The smallest absolute Gasteiger partial charge is 0.125 e. The highest BCUT2D eigenvalue weighted by molar-refractivity contribution is 7.15. The highest BCUT2D eigenvalue weighted by Gasteiger charge is 2.34. The fourth-order valence-electron chi connectivity index (χ4n) is 3.40. The Morgan fingerprint density at radius 1 is 1.33 bits per heavy atom. The average molecular weight is 303 g/mol. The molecule has 4 rings (SSSR count). The summed E-state index contributed by atoms with van der Waals surface area (Å²) in [6, 6.07) is 6.87. The summed E-state index contributed by atoms with van der Waals surface area (Å²) < 4.78 is 8.25. The van der Waals surface area contributed by atoms with Gasteiger partial charge in [-0.25, -0.2) is 4.68 Å². The van der Waals surface area contributed by atoms with Crippen LogP contribution in [0.25, 0.3) is 10.6 Å². The average Bonchev–Trinajstić information content (AvgIpc) is 3.16. The number of nitrogens with zero attached hydrogens (tertiary/aromatic N) is 2. The van der Waals surface area contributed by atoms with Crippen molar-refractivity contribution in [3.05, 3.63) is 23.1 Å². The van der Waals surface area contributed by atoms with E-state index in [2.05, 4.69) is 42.0 Å². The lowest BCUT2D eigenvalue weighted by Gasteiger charge is -2.29. The van der Waals surface area contributed by atoms with Crippen molar-refractivity contribution >= 4 is 17.2 Å². The van der Waals surface area contributed by atoms with E-state index in [9.17, 15) is 0 Å². The third-order valence-corrected chi connectivity index (χ3v) is 5.51. The molecule has 21 heavy (non-hydrogen) atoms. The van der Waals surface area contributed by atoms with Gasteiger partial charge >= 0.3 is 0 Å². The quantitative estimate of drug-likeness (QED) is 0.916. The van der Waals surface area contributed by atoms with Gasteiger partial charge in [0.2, 0.25) is 0 Å². The molecule has 0 bridgehead atoms. The van der Waals surface area contributed by atoms with E-state index in [1.165, 1.54) is 16.2 Å². The molecule has 4 nitrogen and oxygen atoms in total. The van der Waals surface area contributed by atoms with Crippen molar-refractivity contribution in [2.75, 3.05) is 11.9 Å². The van der Waals surface area contributed by atoms with E-state index in [4.69, 9.17) is 9.84 Å². The minimum atomic E-state index is 0.318. The largest absolute Gasteiger partial charge is 0.373 e. The molecule has 0 radical (unpaired) electrons. The van der Waals surface area contributed by atoms with Gasteiger partial charge in [0.1, 0.15) is 11.5 Å². The molecule has 3 atom stereocenters. The molecule has 2 aromatic heterocycles. The molecule has 2 aromatic rings. The first-order valence-corrected chi connectivity index (χ1v) is 8.58. The monoisotopic (exact) mass is 303 g/mol. The standard InChI is InChI=1S/C16H21N3OS/c1-10-3-5-14(20-10)13-7-8-17-16-9-12(18-19(13)16)15-6-4-11(2)21-15/h4,6,9-10,13-14,17H,3,5,7-8H2,1-2H3. The van der Waals surface area contributed by atoms with E-state index >= 15 is 0 Å². The summed E-state index contributed by atoms with van der Waals surface area (Å²) in [4.78, 5) is 2.57. The summed E-state index contributed by atoms with van der Waals surface area (Å²) in [5.41, 5.74) is 1.08. The summed E-state index contributed by atoms with van der Waals surface area (Å²) in [6.45, 7) is 5.32. The van der Waals surface area contributed by atoms with Gasteiger partial charge in [-0.15, -0.1) is 11.3 Å². The van der Waals surface area contributed by atoms with Crippen LogP contribution in [0.5, 0.6) is 0 Å². The predicted octanol–water partition coefficient (Wildman–Crippen LogP) is 3.84. The van der Waals surface area contributed by atoms with Crippen LogP contribution in [-0.2, 0) is 4.74 Å². The van der Waals surface area contributed by atoms with Crippen LogP contribution in [0.15, 0.2) is 18.2 Å². The molecule has 0 spiro atoms. The number of hydrogen-bond donors (Lipinski definition) is 1. The molecule has 1 N–H and O–H groups in total. The zero-order valence-electron chi connectivity index (χ0n) is 12.5. The number of anilines is 1. The van der Waals surface area contributed by atoms with Crippen molar-refractivity contribution in [1.29, 1.82) is 0 Å². The minimum absolute atomic E-state index is 0.318. The fraction of sp³-hybridized carbons (Fsp3) is 0.562. The number of ether oxygens (including phenoxy) is 1. The molecule has 1 fully saturated rings. The van der Waals surface area contributed by atoms with Crippen LogP contribution in [0.2, 0.25) is 0 Å². The molecule has 2 aliphatic heterocycles. The minimum Gasteiger partial charge on any atom is -0.373 e. The predicted molar refractivity (Wildman–Crippen MR) is 86.0 cm³/mol. The van der Waals surface area contributed by atoms with E-state index in [0.717, 1.165) is 30.9 Å². The topological polar surface area (TPSA) is 39.1 Å². The SMILES string of the molecule is Cc1ccc(-c2cc3n(n2)C(C2CCC(C)O2)CCN3)s1. The van der Waals surface area contributed by atoms with Crippen LogP contribution >= 0.6 is 11.3 Å². The molecule has 1 saturated heterocycles. The van der Waals surface area contributed by atoms with Crippen molar-refractivity contribution in [3.8, 4) is 10.6 Å². The Kier molecular flexibility index (Phi) is 3.27. The number of fused-ring (bicyclic) bond motifs is 1. The van der Waals surface area contributed by atoms with E-state index < -0.39 is 0 Å². The van der Waals surface area contributed by atoms with Gasteiger partial charge in [-0.2, -0.15) is 5.10 Å². The number of nitrogens with one attached hydrogen (secondary N) is 1. The third kappa shape index (κ3) is 2.38. The molecule has 0 aromatic carbocycles. The molecule has 112 valence electrons. The van der Waals surface area contributed by atoms with Gasteiger partial charge in [0, 0.05) is 17.5 Å². The summed E-state index contributed by atoms with van der Waals surface area (Å²) in [7, 11) is 0. The second-order valence-corrected chi connectivity index (χ2v) is 7.40. The normalized spacial score (nSPS) is 28.4.